The number of ketones is 2. The van der Waals surface area contributed by atoms with Gasteiger partial charge in [-0.15, -0.1) is 11.8 Å². The molecule has 0 aliphatic carbocycles. The Balaban J connectivity index is 1.24. The van der Waals surface area contributed by atoms with Gasteiger partial charge in [0.2, 0.25) is 28.7 Å². The number of rotatable bonds is 14. The quantitative estimate of drug-likeness (QED) is 0.0232. The van der Waals surface area contributed by atoms with Gasteiger partial charge in [0.1, 0.15) is 47.8 Å². The molecule has 1 fully saturated rings. The van der Waals surface area contributed by atoms with Crippen molar-refractivity contribution in [2.45, 2.75) is 37.4 Å². The number of Topliss-reactive ketones (excluding diaryl/α,β-unsaturated/α-hetero) is 1. The number of carbonyl (C=O) groups excluding carboxylic acids is 5. The maximum absolute atomic E-state index is 13.3. The van der Waals surface area contributed by atoms with Crippen molar-refractivity contribution < 1.29 is 58.4 Å². The molecule has 0 aromatic carbocycles. The number of fused-ring (bicyclic) bond motifs is 1. The van der Waals surface area contributed by atoms with E-state index >= 15 is 0 Å². The Morgan fingerprint density at radius 1 is 1.17 bits per heavy atom. The summed E-state index contributed by atoms with van der Waals surface area (Å²) in [5, 5.41) is 40.4. The number of nitrogens with two attached hydrogens (primary N) is 2. The number of carbonyl (C=O) groups is 7. The van der Waals surface area contributed by atoms with Gasteiger partial charge in [-0.25, -0.2) is 19.2 Å². The van der Waals surface area contributed by atoms with Crippen LogP contribution in [0.1, 0.15) is 19.7 Å². The molecule has 0 saturated carbocycles. The summed E-state index contributed by atoms with van der Waals surface area (Å²) in [6.07, 6.45) is 3.62. The van der Waals surface area contributed by atoms with E-state index in [9.17, 15) is 49.0 Å². The number of thioether (sulfide) groups is 1. The molecule has 2 aromatic rings. The van der Waals surface area contributed by atoms with Crippen LogP contribution in [0.5, 0.6) is 0 Å². The first-order valence-corrected chi connectivity index (χ1v) is 17.0. The number of allylic oxidation sites excluding steroid dienone is 1. The fraction of sp³-hybridized carbons (Fsp3) is 0.357. The van der Waals surface area contributed by atoms with Gasteiger partial charge in [0, 0.05) is 42.0 Å². The minimum atomic E-state index is -1.84. The molecule has 1 saturated heterocycles. The smallest absolute Gasteiger partial charge is 0.352 e. The van der Waals surface area contributed by atoms with Crippen LogP contribution in [0.4, 0.5) is 16.6 Å². The molecule has 5 heterocycles. The molecule has 3 amide bonds. The van der Waals surface area contributed by atoms with E-state index in [0.29, 0.717) is 16.3 Å². The molecule has 3 aliphatic rings. The maximum Gasteiger partial charge on any atom is 0.352 e. The second-order valence-electron chi connectivity index (χ2n) is 11.8. The van der Waals surface area contributed by atoms with Crippen molar-refractivity contribution in [3.05, 3.63) is 41.4 Å². The van der Waals surface area contributed by atoms with Crippen LogP contribution in [-0.4, -0.2) is 129 Å². The van der Waals surface area contributed by atoms with E-state index in [4.69, 9.17) is 16.3 Å². The van der Waals surface area contributed by atoms with Gasteiger partial charge in [0.25, 0.3) is 29.9 Å². The highest BCUT2D eigenvalue weighted by Gasteiger charge is 2.54. The van der Waals surface area contributed by atoms with Crippen LogP contribution >= 0.6 is 23.3 Å². The van der Waals surface area contributed by atoms with Crippen molar-refractivity contribution in [1.29, 1.82) is 0 Å². The third kappa shape index (κ3) is 8.15. The van der Waals surface area contributed by atoms with Crippen molar-refractivity contribution in [1.82, 2.24) is 34.9 Å². The molecule has 3 aliphatic heterocycles. The van der Waals surface area contributed by atoms with Crippen LogP contribution in [0.25, 0.3) is 0 Å². The third-order valence-corrected chi connectivity index (χ3v) is 9.53. The first kappa shape index (κ1) is 38.0. The second-order valence-corrected chi connectivity index (χ2v) is 13.7. The molecule has 23 nitrogen and oxygen atoms in total. The number of aromatic nitrogens is 4. The highest BCUT2D eigenvalue weighted by atomic mass is 32.2. The lowest BCUT2D eigenvalue weighted by Crippen LogP contribution is -2.71. The molecule has 2 atom stereocenters. The molecule has 2 aromatic heterocycles. The van der Waals surface area contributed by atoms with E-state index in [1.165, 1.54) is 42.7 Å². The van der Waals surface area contributed by atoms with Gasteiger partial charge in [0.05, 0.1) is 0 Å². The van der Waals surface area contributed by atoms with Crippen molar-refractivity contribution in [2.75, 3.05) is 42.2 Å². The van der Waals surface area contributed by atoms with Crippen LogP contribution < -0.4 is 32.0 Å². The topological polar surface area (TPSA) is 339 Å². The summed E-state index contributed by atoms with van der Waals surface area (Å²) in [6.45, 7) is 1.81. The number of aliphatic carboxylic acids is 2. The van der Waals surface area contributed by atoms with E-state index in [0.717, 1.165) is 22.5 Å². The number of β-lactam (4-membered cyclic amide) rings is 1. The summed E-state index contributed by atoms with van der Waals surface area (Å²) >= 11 is 1.91. The van der Waals surface area contributed by atoms with E-state index in [1.807, 2.05) is 0 Å². The summed E-state index contributed by atoms with van der Waals surface area (Å²) in [4.78, 5) is 100. The number of hydroxylamine groups is 2. The number of hydrogen-bond acceptors (Lipinski definition) is 19. The number of carboxylic acids is 2. The zero-order valence-corrected chi connectivity index (χ0v) is 29.3. The van der Waals surface area contributed by atoms with Gasteiger partial charge in [-0.1, -0.05) is 5.16 Å². The monoisotopic (exact) mass is 775 g/mol. The summed E-state index contributed by atoms with van der Waals surface area (Å²) in [7, 11) is 0. The Morgan fingerprint density at radius 3 is 2.57 bits per heavy atom. The summed E-state index contributed by atoms with van der Waals surface area (Å²) in [5.41, 5.74) is 9.20. The molecule has 280 valence electrons. The van der Waals surface area contributed by atoms with E-state index < -0.39 is 70.5 Å². The van der Waals surface area contributed by atoms with Crippen LogP contribution in [0, 0.1) is 0 Å². The first-order chi connectivity index (χ1) is 25.0. The minimum absolute atomic E-state index is 0.00333. The van der Waals surface area contributed by atoms with Crippen molar-refractivity contribution >= 4 is 86.9 Å². The first-order valence-electron chi connectivity index (χ1n) is 15.2. The number of anilines is 3. The van der Waals surface area contributed by atoms with Crippen LogP contribution in [0.15, 0.2) is 40.7 Å². The lowest BCUT2D eigenvalue weighted by atomic mass is 10.0. The van der Waals surface area contributed by atoms with Gasteiger partial charge in [0.15, 0.2) is 5.13 Å². The molecule has 10 N–H and O–H groups in total. The van der Waals surface area contributed by atoms with Crippen molar-refractivity contribution in [2.24, 2.45) is 5.16 Å². The van der Waals surface area contributed by atoms with Crippen LogP contribution in [0.2, 0.25) is 0 Å². The Hall–Kier alpha value is -6.21. The van der Waals surface area contributed by atoms with Gasteiger partial charge in [-0.05, 0) is 18.8 Å². The number of hydrogen-bond donors (Lipinski definition) is 8. The fourth-order valence-corrected chi connectivity index (χ4v) is 6.64. The Labute approximate surface area is 305 Å². The minimum Gasteiger partial charge on any atom is -0.478 e. The zero-order valence-electron chi connectivity index (χ0n) is 27.6. The van der Waals surface area contributed by atoms with Crippen LogP contribution in [0.3, 0.4) is 0 Å². The fourth-order valence-electron chi connectivity index (χ4n) is 4.87. The number of nitrogens with zero attached hydrogens (tertiary/aromatic N) is 7. The highest BCUT2D eigenvalue weighted by Crippen LogP contribution is 2.40. The number of amides is 3. The van der Waals surface area contributed by atoms with Gasteiger partial charge in [-0.2, -0.15) is 9.36 Å². The lowest BCUT2D eigenvalue weighted by molar-refractivity contribution is -0.691. The number of nitrogens with one attached hydrogen (secondary N) is 3. The Bertz CT molecular complexity index is 2010. The molecule has 0 bridgehead atoms. The highest BCUT2D eigenvalue weighted by molar-refractivity contribution is 8.00. The average Bonchev–Trinajstić information content (AvgIpc) is 3.53. The molecular weight excluding hydrogens is 745 g/mol. The molecule has 0 unspecified atom stereocenters. The maximum atomic E-state index is 13.3. The second kappa shape index (κ2) is 15.2. The normalized spacial score (nSPS) is 18.9. The van der Waals surface area contributed by atoms with Gasteiger partial charge in [-0.3, -0.25) is 34.1 Å². The number of carboxylic acid groups (broad SMARTS) is 2. The number of oxime groups is 1. The molecule has 5 rings (SSSR count). The standard InChI is InChI=1S/C28H30N12O11S2/c1-28(2,26(48)49)51-36-16(20-35-27(30)53-37-20)22(44)34-17-23(45)40-18(25(46)47)11(9-52-24(17)40)6-38-7-12(19(29)33-10-38)31-3-4-32-21(43)13-5-14(41)15(42)8-39(13)50/h5,7,10,17,24,29,31,50H,3-4,6,8-9H2,1-2H3,(H6,30,32,34,35,37,43,44,46,47,48,49)/p+1/b36-16-/t17-,24-/m1/s1. The lowest BCUT2D eigenvalue weighted by Gasteiger charge is -2.49. The molecule has 25 heteroatoms. The Kier molecular flexibility index (Phi) is 10.9. The average molecular weight is 776 g/mol. The van der Waals surface area contributed by atoms with Crippen LogP contribution in [-0.2, 0) is 44.9 Å². The predicted molar refractivity (Wildman–Crippen MR) is 180 cm³/mol. The van der Waals surface area contributed by atoms with Gasteiger partial charge < -0.3 is 42.5 Å². The molecule has 53 heavy (non-hydrogen) atoms. The Morgan fingerprint density at radius 2 is 1.91 bits per heavy atom. The SMILES string of the molecule is CC(C)(O/N=C(\C(=O)N[C@@H]1C(=O)N2C(C(=O)O)=C(C[n+]3cnc(N)c(NCCNC(=O)C4=CC(=O)C(=O)CN4O)c3)CS[C@H]12)c1nsc(N)n1)C(=O)O. The van der Waals surface area contributed by atoms with Crippen molar-refractivity contribution in [3.63, 3.8) is 0 Å². The molecule has 0 spiro atoms. The summed E-state index contributed by atoms with van der Waals surface area (Å²) in [6, 6.07) is -1.20. The summed E-state index contributed by atoms with van der Waals surface area (Å²) < 4.78 is 5.44. The largest absolute Gasteiger partial charge is 0.478 e. The molecular formula is C28H31N12O11S2+. The number of nitrogen functional groups attached to an aromatic ring is 2. The van der Waals surface area contributed by atoms with Gasteiger partial charge >= 0.3 is 11.9 Å². The molecule has 0 radical (unpaired) electrons. The van der Waals surface area contributed by atoms with E-state index in [-0.39, 0.29) is 53.6 Å². The third-order valence-electron chi connectivity index (χ3n) is 7.65. The zero-order chi connectivity index (χ0) is 38.8. The summed E-state index contributed by atoms with van der Waals surface area (Å²) in [5.74, 6) is -7.15. The van der Waals surface area contributed by atoms with E-state index in [1.54, 1.807) is 0 Å². The van der Waals surface area contributed by atoms with Crippen molar-refractivity contribution in [3.8, 4) is 0 Å². The predicted octanol–water partition coefficient (Wildman–Crippen LogP) is -3.34. The van der Waals surface area contributed by atoms with E-state index in [2.05, 4.69) is 35.4 Å².